The normalized spacial score (nSPS) is 16.8. The molecular weight excluding hydrogens is 164 g/mol. The Bertz CT molecular complexity index is 126. The van der Waals surface area contributed by atoms with Crippen LogP contribution in [0.3, 0.4) is 0 Å². The molecule has 1 fully saturated rings. The number of aliphatic hydroxyl groups excluding tert-OH is 1. The van der Waals surface area contributed by atoms with Crippen molar-refractivity contribution in [2.24, 2.45) is 5.73 Å². The smallest absolute Gasteiger partial charge is 0.0431 e. The van der Waals surface area contributed by atoms with Crippen molar-refractivity contribution in [1.29, 1.82) is 0 Å². The second kappa shape index (κ2) is 6.35. The second-order valence-electron chi connectivity index (χ2n) is 3.84. The zero-order valence-electron chi connectivity index (χ0n) is 8.41. The van der Waals surface area contributed by atoms with Crippen molar-refractivity contribution in [3.05, 3.63) is 0 Å². The van der Waals surface area contributed by atoms with Crippen LogP contribution in [-0.2, 0) is 0 Å². The maximum absolute atomic E-state index is 8.67. The summed E-state index contributed by atoms with van der Waals surface area (Å²) in [6.45, 7) is 3.41. The Morgan fingerprint density at radius 1 is 1.15 bits per heavy atom. The minimum absolute atomic E-state index is 0.329. The zero-order valence-corrected chi connectivity index (χ0v) is 8.41. The molecular formula is C10H22N2O. The fourth-order valence-corrected chi connectivity index (χ4v) is 1.64. The standard InChI is InChI=1S/C10H22N2O/c11-6-3-8-12(10-4-5-10)7-1-2-9-13/h10,13H,1-9,11H2. The summed E-state index contributed by atoms with van der Waals surface area (Å²) in [5.74, 6) is 0. The fraction of sp³-hybridized carbons (Fsp3) is 1.00. The largest absolute Gasteiger partial charge is 0.396 e. The lowest BCUT2D eigenvalue weighted by Crippen LogP contribution is -2.29. The maximum atomic E-state index is 8.67. The minimum atomic E-state index is 0.329. The van der Waals surface area contributed by atoms with Crippen LogP contribution in [0.1, 0.15) is 32.1 Å². The molecule has 3 heteroatoms. The molecule has 0 aliphatic heterocycles. The van der Waals surface area contributed by atoms with Gasteiger partial charge in [-0.25, -0.2) is 0 Å². The van der Waals surface area contributed by atoms with Crippen molar-refractivity contribution in [2.45, 2.75) is 38.1 Å². The first-order valence-corrected chi connectivity index (χ1v) is 5.43. The van der Waals surface area contributed by atoms with Crippen LogP contribution in [0.25, 0.3) is 0 Å². The Morgan fingerprint density at radius 2 is 1.85 bits per heavy atom. The third kappa shape index (κ3) is 4.60. The topological polar surface area (TPSA) is 49.5 Å². The lowest BCUT2D eigenvalue weighted by atomic mass is 10.3. The Labute approximate surface area is 80.9 Å². The van der Waals surface area contributed by atoms with Gasteiger partial charge in [-0.2, -0.15) is 0 Å². The molecule has 1 saturated carbocycles. The highest BCUT2D eigenvalue weighted by Crippen LogP contribution is 2.26. The van der Waals surface area contributed by atoms with Crippen molar-refractivity contribution in [1.82, 2.24) is 4.90 Å². The molecule has 0 aromatic heterocycles. The number of nitrogens with zero attached hydrogens (tertiary/aromatic N) is 1. The molecule has 1 aliphatic carbocycles. The van der Waals surface area contributed by atoms with Gasteiger partial charge in [-0.05, 0) is 51.7 Å². The number of hydrogen-bond donors (Lipinski definition) is 2. The summed E-state index contributed by atoms with van der Waals surface area (Å²) >= 11 is 0. The van der Waals surface area contributed by atoms with Gasteiger partial charge in [-0.1, -0.05) is 0 Å². The molecule has 1 aliphatic rings. The zero-order chi connectivity index (χ0) is 9.52. The van der Waals surface area contributed by atoms with Gasteiger partial charge in [-0.15, -0.1) is 0 Å². The van der Waals surface area contributed by atoms with E-state index in [9.17, 15) is 0 Å². The molecule has 0 spiro atoms. The number of unbranched alkanes of at least 4 members (excludes halogenated alkanes) is 1. The van der Waals surface area contributed by atoms with Gasteiger partial charge in [-0.3, -0.25) is 0 Å². The molecule has 13 heavy (non-hydrogen) atoms. The summed E-state index contributed by atoms with van der Waals surface area (Å²) in [5, 5.41) is 8.67. The van der Waals surface area contributed by atoms with Crippen molar-refractivity contribution in [3.8, 4) is 0 Å². The van der Waals surface area contributed by atoms with Gasteiger partial charge < -0.3 is 15.7 Å². The second-order valence-corrected chi connectivity index (χ2v) is 3.84. The van der Waals surface area contributed by atoms with Crippen LogP contribution < -0.4 is 5.73 Å². The Morgan fingerprint density at radius 3 is 2.38 bits per heavy atom. The van der Waals surface area contributed by atoms with Gasteiger partial charge in [0.1, 0.15) is 0 Å². The van der Waals surface area contributed by atoms with Crippen molar-refractivity contribution >= 4 is 0 Å². The lowest BCUT2D eigenvalue weighted by molar-refractivity contribution is 0.234. The quantitative estimate of drug-likeness (QED) is 0.545. The summed E-state index contributed by atoms with van der Waals surface area (Å²) in [4.78, 5) is 2.53. The van der Waals surface area contributed by atoms with Crippen LogP contribution >= 0.6 is 0 Å². The van der Waals surface area contributed by atoms with Gasteiger partial charge in [0.25, 0.3) is 0 Å². The van der Waals surface area contributed by atoms with E-state index < -0.39 is 0 Å². The van der Waals surface area contributed by atoms with E-state index in [1.54, 1.807) is 0 Å². The SMILES string of the molecule is NCCCN(CCCCO)C1CC1. The van der Waals surface area contributed by atoms with E-state index in [0.29, 0.717) is 6.61 Å². The number of nitrogens with two attached hydrogens (primary N) is 1. The molecule has 0 unspecified atom stereocenters. The number of aliphatic hydroxyl groups is 1. The Balaban J connectivity index is 2.06. The van der Waals surface area contributed by atoms with Crippen LogP contribution in [0, 0.1) is 0 Å². The first-order valence-electron chi connectivity index (χ1n) is 5.43. The summed E-state index contributed by atoms with van der Waals surface area (Å²) in [7, 11) is 0. The van der Waals surface area contributed by atoms with Crippen molar-refractivity contribution < 1.29 is 5.11 Å². The first-order chi connectivity index (χ1) is 6.38. The lowest BCUT2D eigenvalue weighted by Gasteiger charge is -2.21. The predicted octanol–water partition coefficient (Wildman–Crippen LogP) is 0.572. The molecule has 78 valence electrons. The van der Waals surface area contributed by atoms with E-state index in [4.69, 9.17) is 10.8 Å². The minimum Gasteiger partial charge on any atom is -0.396 e. The highest BCUT2D eigenvalue weighted by atomic mass is 16.2. The summed E-state index contributed by atoms with van der Waals surface area (Å²) in [5.41, 5.74) is 5.49. The highest BCUT2D eigenvalue weighted by molar-refractivity contribution is 4.84. The van der Waals surface area contributed by atoms with Gasteiger partial charge in [0.15, 0.2) is 0 Å². The molecule has 0 atom stereocenters. The molecule has 3 N–H and O–H groups in total. The number of rotatable bonds is 8. The first kappa shape index (κ1) is 11.0. The van der Waals surface area contributed by atoms with Crippen LogP contribution in [0.5, 0.6) is 0 Å². The molecule has 0 heterocycles. The molecule has 0 saturated heterocycles. The third-order valence-corrected chi connectivity index (χ3v) is 2.57. The summed E-state index contributed by atoms with van der Waals surface area (Å²) in [6.07, 6.45) is 5.90. The molecule has 1 rings (SSSR count). The van der Waals surface area contributed by atoms with E-state index in [2.05, 4.69) is 4.90 Å². The monoisotopic (exact) mass is 186 g/mol. The maximum Gasteiger partial charge on any atom is 0.0431 e. The van der Waals surface area contributed by atoms with E-state index in [0.717, 1.165) is 44.9 Å². The summed E-state index contributed by atoms with van der Waals surface area (Å²) < 4.78 is 0. The van der Waals surface area contributed by atoms with E-state index in [1.165, 1.54) is 12.8 Å². The Kier molecular flexibility index (Phi) is 5.35. The van der Waals surface area contributed by atoms with E-state index in [-0.39, 0.29) is 0 Å². The van der Waals surface area contributed by atoms with Gasteiger partial charge in [0.2, 0.25) is 0 Å². The van der Waals surface area contributed by atoms with Gasteiger partial charge >= 0.3 is 0 Å². The molecule has 0 bridgehead atoms. The highest BCUT2D eigenvalue weighted by Gasteiger charge is 2.27. The van der Waals surface area contributed by atoms with Crippen molar-refractivity contribution in [3.63, 3.8) is 0 Å². The van der Waals surface area contributed by atoms with Gasteiger partial charge in [0, 0.05) is 12.6 Å². The van der Waals surface area contributed by atoms with Gasteiger partial charge in [0.05, 0.1) is 0 Å². The fourth-order valence-electron chi connectivity index (χ4n) is 1.64. The molecule has 0 aromatic rings. The molecule has 0 radical (unpaired) electrons. The van der Waals surface area contributed by atoms with Crippen LogP contribution in [-0.4, -0.2) is 42.3 Å². The van der Waals surface area contributed by atoms with E-state index >= 15 is 0 Å². The molecule has 3 nitrogen and oxygen atoms in total. The van der Waals surface area contributed by atoms with E-state index in [1.807, 2.05) is 0 Å². The van der Waals surface area contributed by atoms with Crippen molar-refractivity contribution in [2.75, 3.05) is 26.2 Å². The average molecular weight is 186 g/mol. The molecule has 0 amide bonds. The number of hydrogen-bond acceptors (Lipinski definition) is 3. The predicted molar refractivity (Wildman–Crippen MR) is 54.6 cm³/mol. The van der Waals surface area contributed by atoms with Crippen LogP contribution in [0.15, 0.2) is 0 Å². The third-order valence-electron chi connectivity index (χ3n) is 2.57. The Hall–Kier alpha value is -0.120. The molecule has 0 aromatic carbocycles. The van der Waals surface area contributed by atoms with Crippen LogP contribution in [0.4, 0.5) is 0 Å². The van der Waals surface area contributed by atoms with Crippen LogP contribution in [0.2, 0.25) is 0 Å². The summed E-state index contributed by atoms with van der Waals surface area (Å²) in [6, 6.07) is 0.838. The average Bonchev–Trinajstić information content (AvgIpc) is 2.94.